The first-order valence-corrected chi connectivity index (χ1v) is 6.00. The number of ether oxygens (including phenoxy) is 2. The number of fused-ring (bicyclic) bond motifs is 1. The summed E-state index contributed by atoms with van der Waals surface area (Å²) >= 11 is 0. The van der Waals surface area contributed by atoms with E-state index in [4.69, 9.17) is 15.2 Å². The predicted molar refractivity (Wildman–Crippen MR) is 66.9 cm³/mol. The predicted octanol–water partition coefficient (Wildman–Crippen LogP) is 0.450. The fraction of sp³-hybridized carbons (Fsp3) is 0.500. The number of anilines is 2. The second-order valence-electron chi connectivity index (χ2n) is 4.26. The molecule has 1 saturated heterocycles. The van der Waals surface area contributed by atoms with Crippen molar-refractivity contribution in [3.63, 3.8) is 0 Å². The van der Waals surface area contributed by atoms with E-state index in [-0.39, 0.29) is 0 Å². The number of nitrogens with zero attached hydrogens (tertiary/aromatic N) is 1. The lowest BCUT2D eigenvalue weighted by molar-refractivity contribution is 0.172. The average Bonchev–Trinajstić information content (AvgIpc) is 2.39. The summed E-state index contributed by atoms with van der Waals surface area (Å²) in [5, 5.41) is 3.33. The third-order valence-corrected chi connectivity index (χ3v) is 3.15. The summed E-state index contributed by atoms with van der Waals surface area (Å²) in [7, 11) is 0. The van der Waals surface area contributed by atoms with Crippen molar-refractivity contribution in [1.82, 2.24) is 5.32 Å². The minimum Gasteiger partial charge on any atom is -0.486 e. The molecule has 0 aromatic heterocycles. The van der Waals surface area contributed by atoms with Crippen molar-refractivity contribution in [2.24, 2.45) is 0 Å². The van der Waals surface area contributed by atoms with Gasteiger partial charge in [0.25, 0.3) is 0 Å². The highest BCUT2D eigenvalue weighted by Crippen LogP contribution is 2.43. The highest BCUT2D eigenvalue weighted by atomic mass is 16.6. The van der Waals surface area contributed by atoms with E-state index < -0.39 is 0 Å². The van der Waals surface area contributed by atoms with E-state index in [0.29, 0.717) is 13.2 Å². The van der Waals surface area contributed by atoms with Crippen molar-refractivity contribution in [3.8, 4) is 11.5 Å². The lowest BCUT2D eigenvalue weighted by Crippen LogP contribution is -2.44. The Labute approximate surface area is 100 Å². The monoisotopic (exact) mass is 235 g/mol. The molecular weight excluding hydrogens is 218 g/mol. The SMILES string of the molecule is Nc1ccc2c(c1N1CCNCC1)OCCO2. The van der Waals surface area contributed by atoms with Crippen LogP contribution in [0.25, 0.3) is 0 Å². The summed E-state index contributed by atoms with van der Waals surface area (Å²) in [5.41, 5.74) is 7.83. The number of piperazine rings is 1. The van der Waals surface area contributed by atoms with Gasteiger partial charge < -0.3 is 25.4 Å². The van der Waals surface area contributed by atoms with Gasteiger partial charge >= 0.3 is 0 Å². The molecule has 0 unspecified atom stereocenters. The van der Waals surface area contributed by atoms with Gasteiger partial charge in [-0.1, -0.05) is 0 Å². The molecule has 5 heteroatoms. The van der Waals surface area contributed by atoms with Crippen molar-refractivity contribution >= 4 is 11.4 Å². The van der Waals surface area contributed by atoms with E-state index in [9.17, 15) is 0 Å². The molecule has 0 bridgehead atoms. The maximum absolute atomic E-state index is 6.08. The van der Waals surface area contributed by atoms with E-state index in [0.717, 1.165) is 49.1 Å². The zero-order valence-electron chi connectivity index (χ0n) is 9.74. The largest absolute Gasteiger partial charge is 0.486 e. The fourth-order valence-electron chi connectivity index (χ4n) is 2.33. The van der Waals surface area contributed by atoms with Crippen molar-refractivity contribution in [2.75, 3.05) is 50.0 Å². The van der Waals surface area contributed by atoms with Gasteiger partial charge in [-0.15, -0.1) is 0 Å². The molecular formula is C12H17N3O2. The highest BCUT2D eigenvalue weighted by molar-refractivity contribution is 5.79. The molecule has 1 aromatic carbocycles. The molecule has 3 N–H and O–H groups in total. The molecule has 1 fully saturated rings. The fourth-order valence-corrected chi connectivity index (χ4v) is 2.33. The lowest BCUT2D eigenvalue weighted by Gasteiger charge is -2.33. The molecule has 5 nitrogen and oxygen atoms in total. The highest BCUT2D eigenvalue weighted by Gasteiger charge is 2.23. The molecule has 1 aromatic rings. The Hall–Kier alpha value is -1.62. The van der Waals surface area contributed by atoms with Crippen LogP contribution in [0.15, 0.2) is 12.1 Å². The van der Waals surface area contributed by atoms with Crippen LogP contribution in [0, 0.1) is 0 Å². The Morgan fingerprint density at radius 2 is 1.88 bits per heavy atom. The van der Waals surface area contributed by atoms with E-state index >= 15 is 0 Å². The normalized spacial score (nSPS) is 19.2. The third-order valence-electron chi connectivity index (χ3n) is 3.15. The number of nitrogen functional groups attached to an aromatic ring is 1. The average molecular weight is 235 g/mol. The molecule has 0 atom stereocenters. The van der Waals surface area contributed by atoms with Gasteiger partial charge in [0.2, 0.25) is 0 Å². The van der Waals surface area contributed by atoms with Crippen molar-refractivity contribution in [3.05, 3.63) is 12.1 Å². The van der Waals surface area contributed by atoms with Crippen LogP contribution in [-0.4, -0.2) is 39.4 Å². The van der Waals surface area contributed by atoms with E-state index in [1.54, 1.807) is 0 Å². The summed E-state index contributed by atoms with van der Waals surface area (Å²) in [5.74, 6) is 1.61. The van der Waals surface area contributed by atoms with Crippen molar-refractivity contribution in [1.29, 1.82) is 0 Å². The Bertz CT molecular complexity index is 416. The van der Waals surface area contributed by atoms with Gasteiger partial charge in [-0.2, -0.15) is 0 Å². The topological polar surface area (TPSA) is 59.8 Å². The van der Waals surface area contributed by atoms with Crippen LogP contribution in [0.1, 0.15) is 0 Å². The van der Waals surface area contributed by atoms with E-state index in [1.165, 1.54) is 0 Å². The third kappa shape index (κ3) is 1.86. The second-order valence-corrected chi connectivity index (χ2v) is 4.26. The van der Waals surface area contributed by atoms with Crippen LogP contribution in [0.3, 0.4) is 0 Å². The first kappa shape index (κ1) is 10.5. The maximum atomic E-state index is 6.08. The number of hydrogen-bond acceptors (Lipinski definition) is 5. The second kappa shape index (κ2) is 4.33. The van der Waals surface area contributed by atoms with Gasteiger partial charge in [-0.25, -0.2) is 0 Å². The van der Waals surface area contributed by atoms with Crippen molar-refractivity contribution in [2.45, 2.75) is 0 Å². The molecule has 0 saturated carbocycles. The summed E-state index contributed by atoms with van der Waals surface area (Å²) < 4.78 is 11.3. The molecule has 0 amide bonds. The van der Waals surface area contributed by atoms with E-state index in [1.807, 2.05) is 12.1 Å². The van der Waals surface area contributed by atoms with Crippen LogP contribution in [0.2, 0.25) is 0 Å². The summed E-state index contributed by atoms with van der Waals surface area (Å²) in [6.07, 6.45) is 0. The zero-order valence-corrected chi connectivity index (χ0v) is 9.74. The van der Waals surface area contributed by atoms with Gasteiger partial charge in [0.05, 0.1) is 5.69 Å². The molecule has 17 heavy (non-hydrogen) atoms. The summed E-state index contributed by atoms with van der Waals surface area (Å²) in [6, 6.07) is 3.78. The summed E-state index contributed by atoms with van der Waals surface area (Å²) in [6.45, 7) is 5.05. The minimum atomic E-state index is 0.593. The van der Waals surface area contributed by atoms with Crippen LogP contribution in [0.5, 0.6) is 11.5 Å². The van der Waals surface area contributed by atoms with Gasteiger partial charge in [-0.3, -0.25) is 0 Å². The Morgan fingerprint density at radius 3 is 2.71 bits per heavy atom. The minimum absolute atomic E-state index is 0.593. The number of nitrogens with two attached hydrogens (primary N) is 1. The summed E-state index contributed by atoms with van der Waals surface area (Å²) in [4.78, 5) is 2.26. The molecule has 2 heterocycles. The van der Waals surface area contributed by atoms with Crippen LogP contribution >= 0.6 is 0 Å². The quantitative estimate of drug-likeness (QED) is 0.692. The molecule has 92 valence electrons. The van der Waals surface area contributed by atoms with Gasteiger partial charge in [0, 0.05) is 26.2 Å². The molecule has 2 aliphatic rings. The smallest absolute Gasteiger partial charge is 0.186 e. The number of hydrogen-bond donors (Lipinski definition) is 2. The standard InChI is InChI=1S/C12H17N3O2/c13-9-1-2-10-12(17-8-7-16-10)11(9)15-5-3-14-4-6-15/h1-2,14H,3-8,13H2. The van der Waals surface area contributed by atoms with Crippen LogP contribution in [0.4, 0.5) is 11.4 Å². The Balaban J connectivity index is 2.01. The zero-order chi connectivity index (χ0) is 11.7. The van der Waals surface area contributed by atoms with Gasteiger partial charge in [0.1, 0.15) is 18.9 Å². The van der Waals surface area contributed by atoms with Crippen LogP contribution in [-0.2, 0) is 0 Å². The lowest BCUT2D eigenvalue weighted by atomic mass is 10.2. The van der Waals surface area contributed by atoms with Gasteiger partial charge in [0.15, 0.2) is 11.5 Å². The first-order chi connectivity index (χ1) is 8.36. The number of nitrogens with one attached hydrogen (secondary N) is 1. The molecule has 0 aliphatic carbocycles. The number of benzene rings is 1. The van der Waals surface area contributed by atoms with E-state index in [2.05, 4.69) is 10.2 Å². The van der Waals surface area contributed by atoms with Crippen LogP contribution < -0.4 is 25.4 Å². The maximum Gasteiger partial charge on any atom is 0.186 e. The molecule has 0 radical (unpaired) electrons. The molecule has 2 aliphatic heterocycles. The van der Waals surface area contributed by atoms with Gasteiger partial charge in [-0.05, 0) is 12.1 Å². The Morgan fingerprint density at radius 1 is 1.12 bits per heavy atom. The first-order valence-electron chi connectivity index (χ1n) is 6.00. The molecule has 0 spiro atoms. The van der Waals surface area contributed by atoms with Crippen molar-refractivity contribution < 1.29 is 9.47 Å². The number of rotatable bonds is 1. The Kier molecular flexibility index (Phi) is 2.68. The molecule has 3 rings (SSSR count).